The van der Waals surface area contributed by atoms with Crippen LogP contribution >= 0.6 is 0 Å². The number of aliphatic hydroxyl groups is 2. The zero-order chi connectivity index (χ0) is 12.1. The van der Waals surface area contributed by atoms with Crippen molar-refractivity contribution in [1.29, 1.82) is 0 Å². The molecule has 88 valence electrons. The van der Waals surface area contributed by atoms with E-state index >= 15 is 0 Å². The van der Waals surface area contributed by atoms with Gasteiger partial charge in [0.1, 0.15) is 6.10 Å². The maximum atomic E-state index is 11.0. The van der Waals surface area contributed by atoms with Crippen LogP contribution in [0, 0.1) is 0 Å². The summed E-state index contributed by atoms with van der Waals surface area (Å²) in [7, 11) is 1.70. The maximum Gasteiger partial charge on any atom is 0.159 e. The molecule has 4 heteroatoms. The summed E-state index contributed by atoms with van der Waals surface area (Å²) in [5, 5.41) is 22.1. The first-order chi connectivity index (χ1) is 7.56. The van der Waals surface area contributed by atoms with E-state index in [-0.39, 0.29) is 5.78 Å². The lowest BCUT2D eigenvalue weighted by molar-refractivity contribution is 0.0202. The van der Waals surface area contributed by atoms with Crippen LogP contribution in [-0.2, 0) is 0 Å². The third-order valence-electron chi connectivity index (χ3n) is 2.44. The number of Topliss-reactive ketones (excluding diaryl/α,β-unsaturated/α-hetero) is 1. The lowest BCUT2D eigenvalue weighted by atomic mass is 10.0. The third kappa shape index (κ3) is 3.13. The predicted octanol–water partition coefficient (Wildman–Crippen LogP) is 0.503. The number of carbonyl (C=O) groups is 1. The van der Waals surface area contributed by atoms with Gasteiger partial charge in [-0.25, -0.2) is 0 Å². The van der Waals surface area contributed by atoms with Crippen LogP contribution in [0.4, 0.5) is 0 Å². The zero-order valence-corrected chi connectivity index (χ0v) is 9.47. The van der Waals surface area contributed by atoms with Crippen molar-refractivity contribution in [3.05, 3.63) is 35.4 Å². The summed E-state index contributed by atoms with van der Waals surface area (Å²) < 4.78 is 0. The molecule has 1 aromatic carbocycles. The molecule has 1 rings (SSSR count). The molecule has 0 aromatic heterocycles. The number of carbonyl (C=O) groups excluding carboxylic acids is 1. The first-order valence-electron chi connectivity index (χ1n) is 5.18. The van der Waals surface area contributed by atoms with Crippen LogP contribution in [0.2, 0.25) is 0 Å². The van der Waals surface area contributed by atoms with Gasteiger partial charge in [-0.15, -0.1) is 0 Å². The topological polar surface area (TPSA) is 69.6 Å². The van der Waals surface area contributed by atoms with Crippen LogP contribution in [0.25, 0.3) is 0 Å². The molecule has 0 aliphatic heterocycles. The van der Waals surface area contributed by atoms with E-state index in [9.17, 15) is 15.0 Å². The van der Waals surface area contributed by atoms with Gasteiger partial charge in [0.05, 0.1) is 6.10 Å². The van der Waals surface area contributed by atoms with E-state index in [1.54, 1.807) is 31.3 Å². The minimum Gasteiger partial charge on any atom is -0.389 e. The molecule has 0 amide bonds. The van der Waals surface area contributed by atoms with Gasteiger partial charge in [-0.05, 0) is 19.5 Å². The summed E-state index contributed by atoms with van der Waals surface area (Å²) in [5.41, 5.74) is 1.20. The van der Waals surface area contributed by atoms with Gasteiger partial charge in [-0.1, -0.05) is 24.3 Å². The van der Waals surface area contributed by atoms with E-state index in [2.05, 4.69) is 5.32 Å². The summed E-state index contributed by atoms with van der Waals surface area (Å²) >= 11 is 0. The lowest BCUT2D eigenvalue weighted by Crippen LogP contribution is -2.29. The largest absolute Gasteiger partial charge is 0.389 e. The second-order valence-corrected chi connectivity index (χ2v) is 3.75. The van der Waals surface area contributed by atoms with Gasteiger partial charge in [-0.3, -0.25) is 4.79 Å². The summed E-state index contributed by atoms with van der Waals surface area (Å²) in [4.78, 5) is 11.0. The highest BCUT2D eigenvalue weighted by atomic mass is 16.3. The Morgan fingerprint density at radius 1 is 1.31 bits per heavy atom. The Morgan fingerprint density at radius 2 is 1.88 bits per heavy atom. The van der Waals surface area contributed by atoms with Crippen molar-refractivity contribution in [3.63, 3.8) is 0 Å². The molecule has 0 radical (unpaired) electrons. The van der Waals surface area contributed by atoms with Crippen molar-refractivity contribution in [2.75, 3.05) is 13.6 Å². The maximum absolute atomic E-state index is 11.0. The summed E-state index contributed by atoms with van der Waals surface area (Å²) in [6.45, 7) is 1.80. The Kier molecular flexibility index (Phi) is 4.61. The van der Waals surface area contributed by atoms with Crippen LogP contribution in [-0.4, -0.2) is 35.7 Å². The molecule has 4 nitrogen and oxygen atoms in total. The molecular formula is C12H17NO3. The van der Waals surface area contributed by atoms with Gasteiger partial charge in [0.15, 0.2) is 5.78 Å². The highest BCUT2D eigenvalue weighted by Gasteiger charge is 2.17. The zero-order valence-electron chi connectivity index (χ0n) is 9.47. The van der Waals surface area contributed by atoms with E-state index < -0.39 is 12.2 Å². The lowest BCUT2D eigenvalue weighted by Gasteiger charge is -2.17. The molecule has 0 bridgehead atoms. The summed E-state index contributed by atoms with van der Waals surface area (Å²) in [6, 6.07) is 6.60. The van der Waals surface area contributed by atoms with Crippen molar-refractivity contribution in [3.8, 4) is 0 Å². The van der Waals surface area contributed by atoms with E-state index in [0.29, 0.717) is 17.7 Å². The predicted molar refractivity (Wildman–Crippen MR) is 61.3 cm³/mol. The highest BCUT2D eigenvalue weighted by molar-refractivity contribution is 5.94. The van der Waals surface area contributed by atoms with E-state index in [4.69, 9.17) is 0 Å². The Labute approximate surface area is 94.9 Å². The van der Waals surface area contributed by atoms with Crippen molar-refractivity contribution < 1.29 is 15.0 Å². The van der Waals surface area contributed by atoms with Gasteiger partial charge in [0.2, 0.25) is 0 Å². The van der Waals surface area contributed by atoms with Crippen LogP contribution in [0.1, 0.15) is 28.9 Å². The number of hydrogen-bond acceptors (Lipinski definition) is 4. The Morgan fingerprint density at radius 3 is 2.31 bits per heavy atom. The van der Waals surface area contributed by atoms with E-state index in [1.165, 1.54) is 6.92 Å². The number of ketones is 1. The average molecular weight is 223 g/mol. The number of likely N-dealkylation sites (N-methyl/N-ethyl adjacent to an activating group) is 1. The molecule has 0 spiro atoms. The monoisotopic (exact) mass is 223 g/mol. The van der Waals surface area contributed by atoms with Gasteiger partial charge >= 0.3 is 0 Å². The Hall–Kier alpha value is -1.23. The van der Waals surface area contributed by atoms with Gasteiger partial charge in [0.25, 0.3) is 0 Å². The standard InChI is InChI=1S/C12H17NO3/c1-8(14)9-3-5-10(6-4-9)12(16)11(15)7-13-2/h3-6,11-13,15-16H,7H2,1-2H3. The number of aliphatic hydroxyl groups excluding tert-OH is 2. The molecule has 0 fully saturated rings. The minimum absolute atomic E-state index is 0.0168. The molecule has 1 aromatic rings. The van der Waals surface area contributed by atoms with E-state index in [1.807, 2.05) is 0 Å². The molecule has 0 saturated heterocycles. The smallest absolute Gasteiger partial charge is 0.159 e. The summed E-state index contributed by atoms with van der Waals surface area (Å²) in [5.74, 6) is -0.0168. The summed E-state index contributed by atoms with van der Waals surface area (Å²) in [6.07, 6.45) is -1.79. The molecule has 3 N–H and O–H groups in total. The first kappa shape index (κ1) is 12.8. The van der Waals surface area contributed by atoms with Crippen molar-refractivity contribution in [2.24, 2.45) is 0 Å². The van der Waals surface area contributed by atoms with Crippen molar-refractivity contribution >= 4 is 5.78 Å². The molecular weight excluding hydrogens is 206 g/mol. The van der Waals surface area contributed by atoms with Crippen LogP contribution < -0.4 is 5.32 Å². The number of hydrogen-bond donors (Lipinski definition) is 3. The van der Waals surface area contributed by atoms with Crippen molar-refractivity contribution in [1.82, 2.24) is 5.32 Å². The molecule has 2 atom stereocenters. The van der Waals surface area contributed by atoms with Gasteiger partial charge in [0, 0.05) is 12.1 Å². The molecule has 0 heterocycles. The molecule has 2 unspecified atom stereocenters. The fourth-order valence-corrected chi connectivity index (χ4v) is 1.46. The molecule has 0 saturated carbocycles. The Balaban J connectivity index is 2.77. The van der Waals surface area contributed by atoms with Gasteiger partial charge in [-0.2, -0.15) is 0 Å². The highest BCUT2D eigenvalue weighted by Crippen LogP contribution is 2.17. The van der Waals surface area contributed by atoms with E-state index in [0.717, 1.165) is 0 Å². The minimum atomic E-state index is -0.937. The fraction of sp³-hybridized carbons (Fsp3) is 0.417. The molecule has 16 heavy (non-hydrogen) atoms. The second kappa shape index (κ2) is 5.75. The first-order valence-corrected chi connectivity index (χ1v) is 5.18. The molecule has 0 aliphatic rings. The third-order valence-corrected chi connectivity index (χ3v) is 2.44. The Bertz CT molecular complexity index is 348. The second-order valence-electron chi connectivity index (χ2n) is 3.75. The fourth-order valence-electron chi connectivity index (χ4n) is 1.46. The van der Waals surface area contributed by atoms with Crippen molar-refractivity contribution in [2.45, 2.75) is 19.1 Å². The van der Waals surface area contributed by atoms with Crippen LogP contribution in [0.15, 0.2) is 24.3 Å². The quantitative estimate of drug-likeness (QED) is 0.636. The average Bonchev–Trinajstić information content (AvgIpc) is 2.28. The number of nitrogens with one attached hydrogen (secondary N) is 1. The normalized spacial score (nSPS) is 14.5. The number of benzene rings is 1. The SMILES string of the molecule is CNCC(O)C(O)c1ccc(C(C)=O)cc1. The molecule has 0 aliphatic carbocycles. The number of rotatable bonds is 5. The van der Waals surface area contributed by atoms with Gasteiger partial charge < -0.3 is 15.5 Å². The van der Waals surface area contributed by atoms with Crippen LogP contribution in [0.5, 0.6) is 0 Å². The van der Waals surface area contributed by atoms with Crippen LogP contribution in [0.3, 0.4) is 0 Å².